The summed E-state index contributed by atoms with van der Waals surface area (Å²) in [6, 6.07) is 22.1. The number of unbranched alkanes of at least 4 members (excludes halogenated alkanes) is 1. The zero-order valence-electron chi connectivity index (χ0n) is 21.9. The topological polar surface area (TPSA) is 81.4 Å². The summed E-state index contributed by atoms with van der Waals surface area (Å²) in [5, 5.41) is 15.1. The third-order valence-electron chi connectivity index (χ3n) is 6.85. The van der Waals surface area contributed by atoms with E-state index in [1.54, 1.807) is 4.57 Å². The average Bonchev–Trinajstić information content (AvgIpc) is 3.57. The van der Waals surface area contributed by atoms with Gasteiger partial charge in [0.05, 0.1) is 17.3 Å². The molecule has 0 spiro atoms. The fourth-order valence-electron chi connectivity index (χ4n) is 4.84. The van der Waals surface area contributed by atoms with Gasteiger partial charge in [0, 0.05) is 17.5 Å². The molecule has 0 radical (unpaired) electrons. The van der Waals surface area contributed by atoms with Crippen LogP contribution in [0.2, 0.25) is 5.02 Å². The lowest BCUT2D eigenvalue weighted by Crippen LogP contribution is -2.25. The van der Waals surface area contributed by atoms with E-state index in [4.69, 9.17) is 11.6 Å². The van der Waals surface area contributed by atoms with E-state index in [0.29, 0.717) is 17.4 Å². The first kappa shape index (κ1) is 25.7. The molecule has 8 heteroatoms. The molecule has 0 bridgehead atoms. The van der Waals surface area contributed by atoms with Gasteiger partial charge >= 0.3 is 5.69 Å². The number of nitrogens with one attached hydrogen (secondary N) is 1. The Morgan fingerprint density at radius 2 is 1.74 bits per heavy atom. The molecule has 0 amide bonds. The van der Waals surface area contributed by atoms with Crippen LogP contribution < -0.4 is 5.69 Å². The number of aryl methyl sites for hydroxylation is 1. The number of imidazole rings is 1. The van der Waals surface area contributed by atoms with Gasteiger partial charge in [-0.15, -0.1) is 10.2 Å². The second kappa shape index (κ2) is 11.2. The number of benzene rings is 3. The van der Waals surface area contributed by atoms with Crippen molar-refractivity contribution < 1.29 is 0 Å². The third kappa shape index (κ3) is 5.07. The highest BCUT2D eigenvalue weighted by Gasteiger charge is 2.19. The minimum atomic E-state index is -0.0716. The van der Waals surface area contributed by atoms with Crippen LogP contribution >= 0.6 is 11.6 Å². The number of tetrazole rings is 1. The number of hydrogen-bond acceptors (Lipinski definition) is 4. The van der Waals surface area contributed by atoms with Crippen LogP contribution in [0.15, 0.2) is 77.7 Å². The molecule has 0 saturated carbocycles. The van der Waals surface area contributed by atoms with Gasteiger partial charge in [0.15, 0.2) is 0 Å². The molecule has 0 aliphatic carbocycles. The van der Waals surface area contributed by atoms with Crippen molar-refractivity contribution in [2.45, 2.75) is 52.5 Å². The molecular formula is C30H31ClN6O. The fourth-order valence-corrected chi connectivity index (χ4v) is 5.12. The maximum absolute atomic E-state index is 13.8. The van der Waals surface area contributed by atoms with Gasteiger partial charge in [-0.1, -0.05) is 99.5 Å². The molecule has 2 heterocycles. The third-order valence-corrected chi connectivity index (χ3v) is 7.15. The highest BCUT2D eigenvalue weighted by atomic mass is 35.5. The summed E-state index contributed by atoms with van der Waals surface area (Å²) < 4.78 is 3.61. The molecule has 0 aliphatic heterocycles. The van der Waals surface area contributed by atoms with Gasteiger partial charge in [-0.3, -0.25) is 9.13 Å². The van der Waals surface area contributed by atoms with Gasteiger partial charge in [-0.25, -0.2) is 4.79 Å². The zero-order chi connectivity index (χ0) is 26.6. The van der Waals surface area contributed by atoms with Gasteiger partial charge in [-0.2, -0.15) is 5.21 Å². The summed E-state index contributed by atoms with van der Waals surface area (Å²) in [5.74, 6) is 0.791. The molecule has 0 saturated heterocycles. The Hall–Kier alpha value is -3.97. The summed E-state index contributed by atoms with van der Waals surface area (Å²) in [6.45, 7) is 6.88. The number of rotatable bonds is 9. The normalized spacial score (nSPS) is 11.4. The first-order valence-corrected chi connectivity index (χ1v) is 13.4. The van der Waals surface area contributed by atoms with Crippen molar-refractivity contribution in [3.05, 3.63) is 105 Å². The van der Waals surface area contributed by atoms with E-state index in [2.05, 4.69) is 65.7 Å². The van der Waals surface area contributed by atoms with Crippen molar-refractivity contribution in [3.8, 4) is 28.2 Å². The molecule has 3 aromatic carbocycles. The van der Waals surface area contributed by atoms with E-state index in [1.807, 2.05) is 53.2 Å². The van der Waals surface area contributed by atoms with Crippen LogP contribution in [0, 0.1) is 0 Å². The maximum Gasteiger partial charge on any atom is 0.333 e. The summed E-state index contributed by atoms with van der Waals surface area (Å²) in [7, 11) is 0. The van der Waals surface area contributed by atoms with Crippen LogP contribution in [0.1, 0.15) is 56.4 Å². The molecule has 0 aliphatic rings. The Morgan fingerprint density at radius 3 is 2.42 bits per heavy atom. The van der Waals surface area contributed by atoms with Gasteiger partial charge in [0.2, 0.25) is 5.82 Å². The number of para-hydroxylation sites is 1. The van der Waals surface area contributed by atoms with Crippen molar-refractivity contribution in [2.75, 3.05) is 0 Å². The molecule has 5 rings (SSSR count). The van der Waals surface area contributed by atoms with Crippen LogP contribution in [-0.4, -0.2) is 29.8 Å². The molecule has 0 atom stereocenters. The van der Waals surface area contributed by atoms with Gasteiger partial charge in [0.25, 0.3) is 0 Å². The molecular weight excluding hydrogens is 496 g/mol. The van der Waals surface area contributed by atoms with E-state index in [1.165, 1.54) is 0 Å². The maximum atomic E-state index is 13.8. The molecule has 38 heavy (non-hydrogen) atoms. The average molecular weight is 527 g/mol. The summed E-state index contributed by atoms with van der Waals surface area (Å²) in [6.07, 6.45) is 4.86. The highest BCUT2D eigenvalue weighted by Crippen LogP contribution is 2.31. The molecule has 1 N–H and O–H groups in total. The van der Waals surface area contributed by atoms with E-state index in [0.717, 1.165) is 58.5 Å². The van der Waals surface area contributed by atoms with E-state index < -0.39 is 0 Å². The second-order valence-electron chi connectivity index (χ2n) is 9.77. The Kier molecular flexibility index (Phi) is 7.56. The van der Waals surface area contributed by atoms with Crippen LogP contribution in [0.5, 0.6) is 0 Å². The number of aromatic amines is 1. The second-order valence-corrected chi connectivity index (χ2v) is 10.2. The Labute approximate surface area is 227 Å². The SMILES string of the molecule is CCCCc1cn(-c2c(Cl)cccc2C(C)C)c(=O)n1Cc1ccc(-c2ccccc2-c2nn[nH]n2)cc1. The number of hydrogen-bond donors (Lipinski definition) is 1. The summed E-state index contributed by atoms with van der Waals surface area (Å²) in [5.41, 5.74) is 6.80. The Balaban J connectivity index is 1.51. The van der Waals surface area contributed by atoms with E-state index in [9.17, 15) is 4.79 Å². The fraction of sp³-hybridized carbons (Fsp3) is 0.267. The minimum absolute atomic E-state index is 0.0716. The molecule has 2 aromatic heterocycles. The first-order valence-electron chi connectivity index (χ1n) is 13.0. The van der Waals surface area contributed by atoms with E-state index >= 15 is 0 Å². The molecule has 5 aromatic rings. The highest BCUT2D eigenvalue weighted by molar-refractivity contribution is 6.32. The summed E-state index contributed by atoms with van der Waals surface area (Å²) >= 11 is 6.65. The van der Waals surface area contributed by atoms with Crippen molar-refractivity contribution in [1.82, 2.24) is 29.8 Å². The smallest absolute Gasteiger partial charge is 0.292 e. The van der Waals surface area contributed by atoms with Gasteiger partial charge < -0.3 is 0 Å². The molecule has 0 fully saturated rings. The zero-order valence-corrected chi connectivity index (χ0v) is 22.6. The number of H-pyrrole nitrogens is 1. The van der Waals surface area contributed by atoms with Crippen LogP contribution in [0.25, 0.3) is 28.2 Å². The standard InChI is InChI=1S/C30H31ClN6O/c1-4-5-9-23-19-37(28-24(20(2)3)12-8-13-27(28)31)30(38)36(23)18-21-14-16-22(17-15-21)25-10-6-7-11-26(25)29-32-34-35-33-29/h6-8,10-17,19-20H,4-5,9,18H2,1-3H3,(H,32,33,34,35). The van der Waals surface area contributed by atoms with Crippen molar-refractivity contribution in [1.29, 1.82) is 0 Å². The van der Waals surface area contributed by atoms with Gasteiger partial charge in [0.1, 0.15) is 0 Å². The van der Waals surface area contributed by atoms with Gasteiger partial charge in [-0.05, 0) is 52.3 Å². The number of aromatic nitrogens is 6. The summed E-state index contributed by atoms with van der Waals surface area (Å²) in [4.78, 5) is 13.8. The van der Waals surface area contributed by atoms with Crippen LogP contribution in [0.3, 0.4) is 0 Å². The number of nitrogens with zero attached hydrogens (tertiary/aromatic N) is 5. The number of halogens is 1. The van der Waals surface area contributed by atoms with E-state index in [-0.39, 0.29) is 11.6 Å². The lowest BCUT2D eigenvalue weighted by atomic mass is 9.98. The largest absolute Gasteiger partial charge is 0.333 e. The molecule has 7 nitrogen and oxygen atoms in total. The predicted molar refractivity (Wildman–Crippen MR) is 152 cm³/mol. The minimum Gasteiger partial charge on any atom is -0.292 e. The van der Waals surface area contributed by atoms with Crippen molar-refractivity contribution in [3.63, 3.8) is 0 Å². The lowest BCUT2D eigenvalue weighted by molar-refractivity contribution is 0.673. The quantitative estimate of drug-likeness (QED) is 0.233. The lowest BCUT2D eigenvalue weighted by Gasteiger charge is -2.14. The Morgan fingerprint density at radius 1 is 0.974 bits per heavy atom. The van der Waals surface area contributed by atoms with Crippen molar-refractivity contribution in [2.24, 2.45) is 0 Å². The van der Waals surface area contributed by atoms with Crippen LogP contribution in [0.4, 0.5) is 0 Å². The van der Waals surface area contributed by atoms with Crippen LogP contribution in [-0.2, 0) is 13.0 Å². The molecule has 194 valence electrons. The first-order chi connectivity index (χ1) is 18.5. The Bertz CT molecular complexity index is 1580. The van der Waals surface area contributed by atoms with Crippen molar-refractivity contribution >= 4 is 11.6 Å². The monoisotopic (exact) mass is 526 g/mol. The molecule has 0 unspecified atom stereocenters. The predicted octanol–water partition coefficient (Wildman–Crippen LogP) is 6.65.